The maximum Gasteiger partial charge on any atom is 0.414 e. The molecular formula is C10H18F3NO2. The molecule has 0 radical (unpaired) electrons. The molecule has 1 fully saturated rings. The van der Waals surface area contributed by atoms with Crippen molar-refractivity contribution in [2.24, 2.45) is 5.92 Å². The summed E-state index contributed by atoms with van der Waals surface area (Å²) in [6, 6.07) is 0. The van der Waals surface area contributed by atoms with Gasteiger partial charge in [-0.3, -0.25) is 0 Å². The third-order valence-corrected chi connectivity index (χ3v) is 3.19. The van der Waals surface area contributed by atoms with E-state index in [1.807, 2.05) is 0 Å². The minimum atomic E-state index is -4.35. The molecule has 0 aromatic rings. The second-order valence-electron chi connectivity index (χ2n) is 4.33. The molecule has 96 valence electrons. The summed E-state index contributed by atoms with van der Waals surface area (Å²) in [5.41, 5.74) is -0.723. The zero-order valence-corrected chi connectivity index (χ0v) is 9.47. The van der Waals surface area contributed by atoms with Gasteiger partial charge in [-0.2, -0.15) is 13.2 Å². The molecule has 0 saturated heterocycles. The van der Waals surface area contributed by atoms with E-state index in [9.17, 15) is 18.3 Å². The highest BCUT2D eigenvalue weighted by molar-refractivity contribution is 5.00. The Balaban J connectivity index is 2.50. The Morgan fingerprint density at radius 3 is 2.31 bits per heavy atom. The largest absolute Gasteiger partial charge is 0.414 e. The molecule has 1 aliphatic rings. The van der Waals surface area contributed by atoms with Gasteiger partial charge in [-0.25, -0.2) is 0 Å². The van der Waals surface area contributed by atoms with Crippen LogP contribution in [0.2, 0.25) is 0 Å². The van der Waals surface area contributed by atoms with Gasteiger partial charge in [0, 0.05) is 0 Å². The van der Waals surface area contributed by atoms with E-state index >= 15 is 0 Å². The van der Waals surface area contributed by atoms with Crippen LogP contribution in [0.25, 0.3) is 0 Å². The number of halogens is 3. The fourth-order valence-electron chi connectivity index (χ4n) is 1.65. The van der Waals surface area contributed by atoms with Crippen molar-refractivity contribution in [2.45, 2.75) is 37.6 Å². The van der Waals surface area contributed by atoms with Crippen molar-refractivity contribution in [3.05, 3.63) is 0 Å². The Kier molecular flexibility index (Phi) is 4.20. The van der Waals surface area contributed by atoms with E-state index < -0.39 is 17.8 Å². The molecule has 1 aliphatic carbocycles. The molecule has 0 spiro atoms. The van der Waals surface area contributed by atoms with Crippen LogP contribution in [-0.4, -0.2) is 43.2 Å². The summed E-state index contributed by atoms with van der Waals surface area (Å²) in [4.78, 5) is 0. The molecule has 0 aromatic heterocycles. The number of likely N-dealkylation sites (N-methyl/N-ethyl adjacent to an activating group) is 1. The van der Waals surface area contributed by atoms with Gasteiger partial charge in [0.1, 0.15) is 0 Å². The number of aliphatic hydroxyl groups excluding tert-OH is 1. The lowest BCUT2D eigenvalue weighted by atomic mass is 9.95. The fourth-order valence-corrected chi connectivity index (χ4v) is 1.65. The summed E-state index contributed by atoms with van der Waals surface area (Å²) < 4.78 is 41.5. The van der Waals surface area contributed by atoms with E-state index in [0.29, 0.717) is 0 Å². The maximum absolute atomic E-state index is 12.2. The van der Waals surface area contributed by atoms with Gasteiger partial charge in [0.2, 0.25) is 0 Å². The van der Waals surface area contributed by atoms with Crippen LogP contribution in [0.3, 0.4) is 0 Å². The van der Waals surface area contributed by atoms with Crippen LogP contribution >= 0.6 is 0 Å². The van der Waals surface area contributed by atoms with E-state index in [2.05, 4.69) is 5.32 Å². The maximum atomic E-state index is 12.2. The van der Waals surface area contributed by atoms with Gasteiger partial charge < -0.3 is 15.2 Å². The Labute approximate surface area is 93.0 Å². The Morgan fingerprint density at radius 2 is 2.00 bits per heavy atom. The fraction of sp³-hybridized carbons (Fsp3) is 1.00. The highest BCUT2D eigenvalue weighted by Crippen LogP contribution is 2.40. The molecule has 0 bridgehead atoms. The molecule has 0 aromatic carbocycles. The van der Waals surface area contributed by atoms with E-state index in [-0.39, 0.29) is 19.1 Å². The van der Waals surface area contributed by atoms with Gasteiger partial charge in [-0.05, 0) is 32.7 Å². The summed E-state index contributed by atoms with van der Waals surface area (Å²) >= 11 is 0. The van der Waals surface area contributed by atoms with Crippen LogP contribution < -0.4 is 5.32 Å². The predicted molar refractivity (Wildman–Crippen MR) is 53.1 cm³/mol. The number of rotatable bonds is 6. The van der Waals surface area contributed by atoms with Crippen molar-refractivity contribution >= 4 is 0 Å². The normalized spacial score (nSPS) is 22.9. The Bertz CT molecular complexity index is 225. The summed E-state index contributed by atoms with van der Waals surface area (Å²) in [7, 11) is 1.64. The summed E-state index contributed by atoms with van der Waals surface area (Å²) in [5.74, 6) is 0.211. The third kappa shape index (κ3) is 3.09. The van der Waals surface area contributed by atoms with Crippen molar-refractivity contribution in [3.63, 3.8) is 0 Å². The summed E-state index contributed by atoms with van der Waals surface area (Å²) in [5, 5.41) is 12.2. The second kappa shape index (κ2) is 4.89. The first-order chi connectivity index (χ1) is 7.35. The van der Waals surface area contributed by atoms with Crippen LogP contribution in [0.5, 0.6) is 0 Å². The SMILES string of the molecule is CNC(CO)(COC(C)C(F)(F)F)C1CC1. The highest BCUT2D eigenvalue weighted by atomic mass is 19.4. The first-order valence-corrected chi connectivity index (χ1v) is 5.34. The lowest BCUT2D eigenvalue weighted by molar-refractivity contribution is -0.220. The summed E-state index contributed by atoms with van der Waals surface area (Å²) in [6.07, 6.45) is -4.31. The van der Waals surface area contributed by atoms with E-state index in [1.165, 1.54) is 0 Å². The van der Waals surface area contributed by atoms with Crippen LogP contribution in [0.4, 0.5) is 13.2 Å². The molecule has 1 rings (SSSR count). The summed E-state index contributed by atoms with van der Waals surface area (Å²) in [6.45, 7) is 0.648. The smallest absolute Gasteiger partial charge is 0.394 e. The van der Waals surface area contributed by atoms with Gasteiger partial charge >= 0.3 is 6.18 Å². The van der Waals surface area contributed by atoms with E-state index in [4.69, 9.17) is 4.74 Å². The molecule has 0 amide bonds. The number of nitrogens with one attached hydrogen (secondary N) is 1. The van der Waals surface area contributed by atoms with Gasteiger partial charge in [0.05, 0.1) is 18.8 Å². The van der Waals surface area contributed by atoms with Crippen molar-refractivity contribution < 1.29 is 23.0 Å². The topological polar surface area (TPSA) is 41.5 Å². The average Bonchev–Trinajstić information content (AvgIpc) is 3.02. The monoisotopic (exact) mass is 241 g/mol. The second-order valence-corrected chi connectivity index (χ2v) is 4.33. The van der Waals surface area contributed by atoms with Crippen LogP contribution in [-0.2, 0) is 4.74 Å². The molecule has 2 atom stereocenters. The number of hydrogen-bond donors (Lipinski definition) is 2. The van der Waals surface area contributed by atoms with Gasteiger partial charge in [0.25, 0.3) is 0 Å². The molecule has 3 nitrogen and oxygen atoms in total. The van der Waals surface area contributed by atoms with E-state index in [1.54, 1.807) is 7.05 Å². The first kappa shape index (κ1) is 13.7. The molecule has 0 heterocycles. The zero-order valence-electron chi connectivity index (χ0n) is 9.47. The van der Waals surface area contributed by atoms with E-state index in [0.717, 1.165) is 19.8 Å². The Morgan fingerprint density at radius 1 is 1.44 bits per heavy atom. The van der Waals surface area contributed by atoms with Crippen molar-refractivity contribution in [2.75, 3.05) is 20.3 Å². The number of aliphatic hydroxyl groups is 1. The standard InChI is InChI=1S/C10H18F3NO2/c1-7(10(11,12)13)16-6-9(5-15,14-2)8-3-4-8/h7-8,14-15H,3-6H2,1-2H3. The lowest BCUT2D eigenvalue weighted by Crippen LogP contribution is -2.53. The molecular weight excluding hydrogens is 223 g/mol. The van der Waals surface area contributed by atoms with Gasteiger partial charge in [-0.1, -0.05) is 0 Å². The Hall–Kier alpha value is -0.330. The minimum absolute atomic E-state index is 0.120. The third-order valence-electron chi connectivity index (χ3n) is 3.19. The van der Waals surface area contributed by atoms with Crippen LogP contribution in [0.1, 0.15) is 19.8 Å². The van der Waals surface area contributed by atoms with Crippen LogP contribution in [0.15, 0.2) is 0 Å². The number of ether oxygens (including phenoxy) is 1. The van der Waals surface area contributed by atoms with Crippen molar-refractivity contribution in [1.82, 2.24) is 5.32 Å². The van der Waals surface area contributed by atoms with Crippen molar-refractivity contribution in [1.29, 1.82) is 0 Å². The first-order valence-electron chi connectivity index (χ1n) is 5.34. The average molecular weight is 241 g/mol. The molecule has 16 heavy (non-hydrogen) atoms. The van der Waals surface area contributed by atoms with Crippen molar-refractivity contribution in [3.8, 4) is 0 Å². The zero-order chi connectivity index (χ0) is 12.4. The highest BCUT2D eigenvalue weighted by Gasteiger charge is 2.46. The quantitative estimate of drug-likeness (QED) is 0.736. The molecule has 2 unspecified atom stereocenters. The molecule has 0 aliphatic heterocycles. The van der Waals surface area contributed by atoms with Gasteiger partial charge in [0.15, 0.2) is 6.10 Å². The van der Waals surface area contributed by atoms with Gasteiger partial charge in [-0.15, -0.1) is 0 Å². The minimum Gasteiger partial charge on any atom is -0.394 e. The molecule has 1 saturated carbocycles. The molecule has 2 N–H and O–H groups in total. The number of hydrogen-bond acceptors (Lipinski definition) is 3. The predicted octanol–water partition coefficient (Wildman–Crippen LogP) is 1.31. The van der Waals surface area contributed by atoms with Crippen LogP contribution in [0, 0.1) is 5.92 Å². The lowest BCUT2D eigenvalue weighted by Gasteiger charge is -2.33. The number of alkyl halides is 3. The molecule has 6 heteroatoms.